The van der Waals surface area contributed by atoms with Gasteiger partial charge in [0.05, 0.1) is 12.8 Å². The molecule has 0 aromatic heterocycles. The predicted octanol–water partition coefficient (Wildman–Crippen LogP) is 1.41. The maximum atomic E-state index is 11.8. The van der Waals surface area contributed by atoms with Crippen molar-refractivity contribution in [2.45, 2.75) is 6.42 Å². The summed E-state index contributed by atoms with van der Waals surface area (Å²) >= 11 is 0. The van der Waals surface area contributed by atoms with E-state index >= 15 is 0 Å². The maximum Gasteiger partial charge on any atom is 0.164 e. The highest BCUT2D eigenvalue weighted by Gasteiger charge is 2.08. The maximum absolute atomic E-state index is 11.8. The van der Waals surface area contributed by atoms with Gasteiger partial charge < -0.3 is 15.4 Å². The molecule has 1 rings (SSSR count). The molecule has 0 fully saturated rings. The van der Waals surface area contributed by atoms with Crippen LogP contribution < -0.4 is 10.5 Å². The summed E-state index contributed by atoms with van der Waals surface area (Å²) < 4.78 is 5.03. The highest BCUT2D eigenvalue weighted by Crippen LogP contribution is 2.22. The Bertz CT molecular complexity index is 375. The Kier molecular flexibility index (Phi) is 4.31. The molecular weight excluding hydrogens is 204 g/mol. The minimum atomic E-state index is 0.100. The van der Waals surface area contributed by atoms with Crippen molar-refractivity contribution in [1.29, 1.82) is 0 Å². The lowest BCUT2D eigenvalue weighted by Gasteiger charge is -2.09. The molecule has 0 amide bonds. The van der Waals surface area contributed by atoms with E-state index in [0.29, 0.717) is 23.4 Å². The molecule has 0 saturated carbocycles. The summed E-state index contributed by atoms with van der Waals surface area (Å²) in [6.07, 6.45) is 0.499. The zero-order valence-corrected chi connectivity index (χ0v) is 9.99. The van der Waals surface area contributed by atoms with Crippen molar-refractivity contribution < 1.29 is 9.53 Å². The molecule has 1 aromatic rings. The van der Waals surface area contributed by atoms with Crippen molar-refractivity contribution in [1.82, 2.24) is 4.90 Å². The van der Waals surface area contributed by atoms with Gasteiger partial charge >= 0.3 is 0 Å². The molecule has 16 heavy (non-hydrogen) atoms. The Morgan fingerprint density at radius 2 is 2.12 bits per heavy atom. The minimum absolute atomic E-state index is 0.100. The van der Waals surface area contributed by atoms with E-state index in [0.717, 1.165) is 6.54 Å². The standard InChI is InChI=1S/C12H18N2O2/c1-14(2)7-6-11(15)9-4-5-12(16-3)10(13)8-9/h4-5,8H,6-7,13H2,1-3H3. The van der Waals surface area contributed by atoms with E-state index in [1.807, 2.05) is 19.0 Å². The van der Waals surface area contributed by atoms with Gasteiger partial charge in [0.25, 0.3) is 0 Å². The van der Waals surface area contributed by atoms with Gasteiger partial charge in [0.2, 0.25) is 0 Å². The average molecular weight is 222 g/mol. The number of ketones is 1. The molecule has 0 aliphatic rings. The Morgan fingerprint density at radius 1 is 1.44 bits per heavy atom. The van der Waals surface area contributed by atoms with E-state index in [1.54, 1.807) is 25.3 Å². The predicted molar refractivity (Wildman–Crippen MR) is 64.9 cm³/mol. The largest absolute Gasteiger partial charge is 0.495 e. The van der Waals surface area contributed by atoms with Gasteiger partial charge in [-0.15, -0.1) is 0 Å². The average Bonchev–Trinajstić information content (AvgIpc) is 2.25. The molecule has 0 unspecified atom stereocenters. The molecule has 4 nitrogen and oxygen atoms in total. The molecule has 0 aliphatic carbocycles. The van der Waals surface area contributed by atoms with E-state index in [-0.39, 0.29) is 5.78 Å². The monoisotopic (exact) mass is 222 g/mol. The van der Waals surface area contributed by atoms with Crippen LogP contribution in [0.2, 0.25) is 0 Å². The lowest BCUT2D eigenvalue weighted by atomic mass is 10.1. The van der Waals surface area contributed by atoms with Crippen LogP contribution in [-0.4, -0.2) is 38.4 Å². The van der Waals surface area contributed by atoms with Crippen molar-refractivity contribution in [3.05, 3.63) is 23.8 Å². The fraction of sp³-hybridized carbons (Fsp3) is 0.417. The first kappa shape index (κ1) is 12.5. The van der Waals surface area contributed by atoms with Gasteiger partial charge in [-0.05, 0) is 32.3 Å². The number of benzene rings is 1. The second-order valence-corrected chi connectivity index (χ2v) is 3.93. The van der Waals surface area contributed by atoms with Gasteiger partial charge in [-0.3, -0.25) is 4.79 Å². The number of carbonyl (C=O) groups is 1. The molecule has 88 valence electrons. The summed E-state index contributed by atoms with van der Waals surface area (Å²) in [5.41, 5.74) is 6.88. The number of methoxy groups -OCH3 is 1. The minimum Gasteiger partial charge on any atom is -0.495 e. The first-order valence-electron chi connectivity index (χ1n) is 5.16. The van der Waals surface area contributed by atoms with E-state index in [9.17, 15) is 4.79 Å². The van der Waals surface area contributed by atoms with Gasteiger partial charge in [-0.25, -0.2) is 0 Å². The van der Waals surface area contributed by atoms with Crippen LogP contribution in [0.5, 0.6) is 5.75 Å². The normalized spacial score (nSPS) is 10.5. The van der Waals surface area contributed by atoms with Gasteiger partial charge in [0, 0.05) is 18.5 Å². The van der Waals surface area contributed by atoms with Gasteiger partial charge in [-0.2, -0.15) is 0 Å². The summed E-state index contributed by atoms with van der Waals surface area (Å²) in [4.78, 5) is 13.8. The number of nitrogen functional groups attached to an aromatic ring is 1. The van der Waals surface area contributed by atoms with Crippen LogP contribution in [-0.2, 0) is 0 Å². The Labute approximate surface area is 96.0 Å². The molecule has 0 spiro atoms. The molecule has 0 bridgehead atoms. The van der Waals surface area contributed by atoms with Crippen molar-refractivity contribution in [2.75, 3.05) is 33.5 Å². The van der Waals surface area contributed by atoms with Crippen LogP contribution in [0.25, 0.3) is 0 Å². The first-order chi connectivity index (χ1) is 7.54. The number of rotatable bonds is 5. The fourth-order valence-electron chi connectivity index (χ4n) is 1.38. The molecule has 0 aliphatic heterocycles. The number of anilines is 1. The summed E-state index contributed by atoms with van der Waals surface area (Å²) in [6.45, 7) is 0.741. The molecule has 0 radical (unpaired) electrons. The van der Waals surface area contributed by atoms with Crippen molar-refractivity contribution in [3.63, 3.8) is 0 Å². The van der Waals surface area contributed by atoms with Gasteiger partial charge in [-0.1, -0.05) is 0 Å². The molecule has 0 saturated heterocycles. The van der Waals surface area contributed by atoms with Gasteiger partial charge in [0.1, 0.15) is 5.75 Å². The van der Waals surface area contributed by atoms with Crippen LogP contribution in [0.4, 0.5) is 5.69 Å². The van der Waals surface area contributed by atoms with E-state index < -0.39 is 0 Å². The van der Waals surface area contributed by atoms with E-state index in [2.05, 4.69) is 0 Å². The third-order valence-corrected chi connectivity index (χ3v) is 2.34. The summed E-state index contributed by atoms with van der Waals surface area (Å²) in [7, 11) is 5.44. The summed E-state index contributed by atoms with van der Waals surface area (Å²) in [5, 5.41) is 0. The Hall–Kier alpha value is -1.55. The fourth-order valence-corrected chi connectivity index (χ4v) is 1.38. The third-order valence-electron chi connectivity index (χ3n) is 2.34. The van der Waals surface area contributed by atoms with Crippen molar-refractivity contribution in [2.24, 2.45) is 0 Å². The highest BCUT2D eigenvalue weighted by molar-refractivity contribution is 5.97. The summed E-state index contributed by atoms with van der Waals surface area (Å²) in [5.74, 6) is 0.701. The number of hydrogen-bond donors (Lipinski definition) is 1. The Balaban J connectivity index is 2.73. The smallest absolute Gasteiger partial charge is 0.164 e. The van der Waals surface area contributed by atoms with Crippen molar-refractivity contribution in [3.8, 4) is 5.75 Å². The molecule has 1 aromatic carbocycles. The number of nitrogens with zero attached hydrogens (tertiary/aromatic N) is 1. The SMILES string of the molecule is COc1ccc(C(=O)CCN(C)C)cc1N. The Morgan fingerprint density at radius 3 is 2.62 bits per heavy atom. The number of ether oxygens (including phenoxy) is 1. The third kappa shape index (κ3) is 3.24. The first-order valence-corrected chi connectivity index (χ1v) is 5.16. The quantitative estimate of drug-likeness (QED) is 0.604. The van der Waals surface area contributed by atoms with Crippen LogP contribution in [0.15, 0.2) is 18.2 Å². The number of carbonyl (C=O) groups excluding carboxylic acids is 1. The number of Topliss-reactive ketones (excluding diaryl/α,β-unsaturated/α-hetero) is 1. The molecule has 0 heterocycles. The zero-order valence-electron chi connectivity index (χ0n) is 9.99. The van der Waals surface area contributed by atoms with Crippen LogP contribution in [0.1, 0.15) is 16.8 Å². The second-order valence-electron chi connectivity index (χ2n) is 3.93. The number of nitrogens with two attached hydrogens (primary N) is 1. The van der Waals surface area contributed by atoms with E-state index in [4.69, 9.17) is 10.5 Å². The lowest BCUT2D eigenvalue weighted by molar-refractivity contribution is 0.0972. The van der Waals surface area contributed by atoms with E-state index in [1.165, 1.54) is 0 Å². The van der Waals surface area contributed by atoms with Crippen LogP contribution in [0, 0.1) is 0 Å². The van der Waals surface area contributed by atoms with Crippen LogP contribution >= 0.6 is 0 Å². The van der Waals surface area contributed by atoms with Crippen LogP contribution in [0.3, 0.4) is 0 Å². The van der Waals surface area contributed by atoms with Gasteiger partial charge in [0.15, 0.2) is 5.78 Å². The highest BCUT2D eigenvalue weighted by atomic mass is 16.5. The molecule has 2 N–H and O–H groups in total. The summed E-state index contributed by atoms with van der Waals surface area (Å²) in [6, 6.07) is 5.13. The topological polar surface area (TPSA) is 55.6 Å². The molecule has 4 heteroatoms. The molecular formula is C12H18N2O2. The second kappa shape index (κ2) is 5.51. The zero-order chi connectivity index (χ0) is 12.1. The number of hydrogen-bond acceptors (Lipinski definition) is 4. The lowest BCUT2D eigenvalue weighted by Crippen LogP contribution is -2.16. The van der Waals surface area contributed by atoms with Crippen molar-refractivity contribution >= 4 is 11.5 Å². The molecule has 0 atom stereocenters.